The summed E-state index contributed by atoms with van der Waals surface area (Å²) in [6, 6.07) is 5.91. The standard InChI is InChI=1S/C11H16N4/c1-4-15(5-2)10-6-7-11(13-14-12)9(3)8-10/h6-8H,4-5H2,1-3H3. The van der Waals surface area contributed by atoms with Crippen LogP contribution >= 0.6 is 0 Å². The van der Waals surface area contributed by atoms with E-state index >= 15 is 0 Å². The van der Waals surface area contributed by atoms with Crippen LogP contribution in [0.25, 0.3) is 10.4 Å². The maximum atomic E-state index is 8.36. The number of aryl methyl sites for hydroxylation is 1. The zero-order chi connectivity index (χ0) is 11.3. The molecule has 1 rings (SSSR count). The van der Waals surface area contributed by atoms with Crippen LogP contribution in [-0.2, 0) is 0 Å². The first-order valence-electron chi connectivity index (χ1n) is 5.13. The Morgan fingerprint density at radius 1 is 1.33 bits per heavy atom. The highest BCUT2D eigenvalue weighted by molar-refractivity contribution is 5.57. The molecule has 0 heterocycles. The first-order chi connectivity index (χ1) is 7.22. The summed E-state index contributed by atoms with van der Waals surface area (Å²) in [6.45, 7) is 8.17. The van der Waals surface area contributed by atoms with Gasteiger partial charge in [0.05, 0.1) is 0 Å². The summed E-state index contributed by atoms with van der Waals surface area (Å²) in [5, 5.41) is 3.62. The van der Waals surface area contributed by atoms with Gasteiger partial charge in [0, 0.05) is 29.4 Å². The molecular formula is C11H16N4. The van der Waals surface area contributed by atoms with Crippen molar-refractivity contribution < 1.29 is 0 Å². The molecule has 0 radical (unpaired) electrons. The number of benzene rings is 1. The fraction of sp³-hybridized carbons (Fsp3) is 0.455. The molecule has 0 atom stereocenters. The predicted octanol–water partition coefficient (Wildman–Crippen LogP) is 3.78. The minimum absolute atomic E-state index is 0.702. The Kier molecular flexibility index (Phi) is 4.01. The topological polar surface area (TPSA) is 52.0 Å². The van der Waals surface area contributed by atoms with Gasteiger partial charge < -0.3 is 4.90 Å². The van der Waals surface area contributed by atoms with Crippen molar-refractivity contribution in [3.63, 3.8) is 0 Å². The molecule has 0 spiro atoms. The number of nitrogens with zero attached hydrogens (tertiary/aromatic N) is 4. The van der Waals surface area contributed by atoms with Gasteiger partial charge in [-0.25, -0.2) is 0 Å². The van der Waals surface area contributed by atoms with Crippen LogP contribution in [-0.4, -0.2) is 13.1 Å². The Morgan fingerprint density at radius 2 is 2.00 bits per heavy atom. The van der Waals surface area contributed by atoms with E-state index in [-0.39, 0.29) is 0 Å². The Balaban J connectivity index is 3.04. The third-order valence-electron chi connectivity index (χ3n) is 2.46. The van der Waals surface area contributed by atoms with E-state index in [1.54, 1.807) is 0 Å². The summed E-state index contributed by atoms with van der Waals surface area (Å²) in [7, 11) is 0. The third kappa shape index (κ3) is 2.64. The third-order valence-corrected chi connectivity index (χ3v) is 2.46. The van der Waals surface area contributed by atoms with E-state index in [0.29, 0.717) is 5.69 Å². The lowest BCUT2D eigenvalue weighted by molar-refractivity contribution is 0.865. The predicted molar refractivity (Wildman–Crippen MR) is 63.5 cm³/mol. The molecule has 0 amide bonds. The van der Waals surface area contributed by atoms with Crippen molar-refractivity contribution in [2.75, 3.05) is 18.0 Å². The van der Waals surface area contributed by atoms with Crippen LogP contribution in [0.2, 0.25) is 0 Å². The molecule has 4 nitrogen and oxygen atoms in total. The van der Waals surface area contributed by atoms with Gasteiger partial charge >= 0.3 is 0 Å². The van der Waals surface area contributed by atoms with Crippen LogP contribution < -0.4 is 4.90 Å². The summed E-state index contributed by atoms with van der Waals surface area (Å²) in [5.41, 5.74) is 11.3. The van der Waals surface area contributed by atoms with E-state index in [0.717, 1.165) is 18.7 Å². The van der Waals surface area contributed by atoms with Gasteiger partial charge in [0.1, 0.15) is 0 Å². The van der Waals surface area contributed by atoms with Gasteiger partial charge in [-0.15, -0.1) is 0 Å². The number of rotatable bonds is 4. The number of hydrogen-bond acceptors (Lipinski definition) is 2. The van der Waals surface area contributed by atoms with Crippen LogP contribution in [0.3, 0.4) is 0 Å². The van der Waals surface area contributed by atoms with Gasteiger partial charge in [0.15, 0.2) is 0 Å². The number of anilines is 1. The van der Waals surface area contributed by atoms with Gasteiger partial charge in [0.25, 0.3) is 0 Å². The summed E-state index contributed by atoms with van der Waals surface area (Å²) in [6.07, 6.45) is 0. The van der Waals surface area contributed by atoms with E-state index < -0.39 is 0 Å². The fourth-order valence-electron chi connectivity index (χ4n) is 1.59. The molecular weight excluding hydrogens is 188 g/mol. The summed E-state index contributed by atoms with van der Waals surface area (Å²) < 4.78 is 0. The highest BCUT2D eigenvalue weighted by atomic mass is 15.1. The lowest BCUT2D eigenvalue weighted by Gasteiger charge is -2.21. The lowest BCUT2D eigenvalue weighted by Crippen LogP contribution is -2.21. The van der Waals surface area contributed by atoms with Crippen LogP contribution in [0.1, 0.15) is 19.4 Å². The van der Waals surface area contributed by atoms with Crippen LogP contribution in [0.15, 0.2) is 23.3 Å². The molecule has 1 aromatic rings. The quantitative estimate of drug-likeness (QED) is 0.418. The first kappa shape index (κ1) is 11.4. The molecule has 0 aliphatic heterocycles. The summed E-state index contributed by atoms with van der Waals surface area (Å²) in [4.78, 5) is 5.05. The maximum absolute atomic E-state index is 8.36. The molecule has 1 aromatic carbocycles. The van der Waals surface area contributed by atoms with E-state index in [1.807, 2.05) is 19.1 Å². The minimum atomic E-state index is 0.702. The minimum Gasteiger partial charge on any atom is -0.372 e. The molecule has 0 N–H and O–H groups in total. The normalized spacial score (nSPS) is 9.53. The smallest absolute Gasteiger partial charge is 0.0406 e. The fourth-order valence-corrected chi connectivity index (χ4v) is 1.59. The molecule has 0 bridgehead atoms. The molecule has 0 saturated heterocycles. The van der Waals surface area contributed by atoms with Gasteiger partial charge in [0.2, 0.25) is 0 Å². The van der Waals surface area contributed by atoms with Crippen LogP contribution in [0, 0.1) is 6.92 Å². The molecule has 0 unspecified atom stereocenters. The highest BCUT2D eigenvalue weighted by Gasteiger charge is 2.03. The highest BCUT2D eigenvalue weighted by Crippen LogP contribution is 2.24. The van der Waals surface area contributed by atoms with E-state index in [2.05, 4.69) is 34.8 Å². The van der Waals surface area contributed by atoms with Gasteiger partial charge in [-0.1, -0.05) is 11.2 Å². The van der Waals surface area contributed by atoms with Crippen LogP contribution in [0.5, 0.6) is 0 Å². The van der Waals surface area contributed by atoms with Crippen molar-refractivity contribution in [2.45, 2.75) is 20.8 Å². The van der Waals surface area contributed by atoms with Gasteiger partial charge in [-0.05, 0) is 44.0 Å². The largest absolute Gasteiger partial charge is 0.372 e. The van der Waals surface area contributed by atoms with Crippen molar-refractivity contribution in [3.8, 4) is 0 Å². The molecule has 0 aliphatic carbocycles. The molecule has 4 heteroatoms. The Labute approximate surface area is 90.1 Å². The Bertz CT molecular complexity index is 376. The number of hydrogen-bond donors (Lipinski definition) is 0. The zero-order valence-corrected chi connectivity index (χ0v) is 9.44. The van der Waals surface area contributed by atoms with Crippen molar-refractivity contribution in [1.82, 2.24) is 0 Å². The molecule has 0 fully saturated rings. The monoisotopic (exact) mass is 204 g/mol. The van der Waals surface area contributed by atoms with Gasteiger partial charge in [-0.3, -0.25) is 0 Å². The maximum Gasteiger partial charge on any atom is 0.0406 e. The van der Waals surface area contributed by atoms with Crippen molar-refractivity contribution in [1.29, 1.82) is 0 Å². The molecule has 80 valence electrons. The molecule has 15 heavy (non-hydrogen) atoms. The van der Waals surface area contributed by atoms with E-state index in [1.165, 1.54) is 5.69 Å². The van der Waals surface area contributed by atoms with Crippen molar-refractivity contribution >= 4 is 11.4 Å². The van der Waals surface area contributed by atoms with Crippen molar-refractivity contribution in [2.24, 2.45) is 5.11 Å². The second-order valence-corrected chi connectivity index (χ2v) is 3.33. The van der Waals surface area contributed by atoms with Crippen LogP contribution in [0.4, 0.5) is 11.4 Å². The lowest BCUT2D eigenvalue weighted by atomic mass is 10.1. The number of azide groups is 1. The summed E-state index contributed by atoms with van der Waals surface area (Å²) in [5.74, 6) is 0. The zero-order valence-electron chi connectivity index (χ0n) is 9.44. The Hall–Kier alpha value is -1.67. The molecule has 0 aliphatic rings. The molecule has 0 aromatic heterocycles. The van der Waals surface area contributed by atoms with E-state index in [9.17, 15) is 0 Å². The van der Waals surface area contributed by atoms with Gasteiger partial charge in [-0.2, -0.15) is 0 Å². The average Bonchev–Trinajstić information content (AvgIpc) is 2.24. The van der Waals surface area contributed by atoms with E-state index in [4.69, 9.17) is 5.53 Å². The molecule has 0 saturated carbocycles. The summed E-state index contributed by atoms with van der Waals surface area (Å²) >= 11 is 0. The van der Waals surface area contributed by atoms with Crippen molar-refractivity contribution in [3.05, 3.63) is 34.2 Å². The SMILES string of the molecule is CCN(CC)c1ccc(N=[N+]=[N-])c(C)c1. The first-order valence-corrected chi connectivity index (χ1v) is 5.13. The second-order valence-electron chi connectivity index (χ2n) is 3.33. The Morgan fingerprint density at radius 3 is 2.47 bits per heavy atom. The second kappa shape index (κ2) is 5.27. The average molecular weight is 204 g/mol.